The highest BCUT2D eigenvalue weighted by atomic mass is 16.3. The lowest BCUT2D eigenvalue weighted by Crippen LogP contribution is -2.58. The second-order valence-corrected chi connectivity index (χ2v) is 9.59. The third-order valence-corrected chi connectivity index (χ3v) is 8.83. The van der Waals surface area contributed by atoms with Crippen molar-refractivity contribution >= 4 is 5.78 Å². The number of hydrogen-bond donors (Lipinski definition) is 3. The van der Waals surface area contributed by atoms with Gasteiger partial charge in [0.2, 0.25) is 0 Å². The van der Waals surface area contributed by atoms with Crippen molar-refractivity contribution in [3.8, 4) is 0 Å². The summed E-state index contributed by atoms with van der Waals surface area (Å²) in [5, 5.41) is 30.6. The second-order valence-electron chi connectivity index (χ2n) is 9.59. The first-order valence-corrected chi connectivity index (χ1v) is 10.0. The highest BCUT2D eigenvalue weighted by Crippen LogP contribution is 2.67. The topological polar surface area (TPSA) is 77.8 Å². The van der Waals surface area contributed by atoms with E-state index in [1.54, 1.807) is 0 Å². The molecule has 4 aliphatic carbocycles. The monoisotopic (exact) mass is 348 g/mol. The first kappa shape index (κ1) is 17.7. The van der Waals surface area contributed by atoms with E-state index in [-0.39, 0.29) is 11.5 Å². The molecule has 3 fully saturated rings. The minimum absolute atomic E-state index is 0.172. The Labute approximate surface area is 150 Å². The van der Waals surface area contributed by atoms with Crippen LogP contribution in [-0.2, 0) is 4.79 Å². The number of allylic oxidation sites excluding steroid dienone is 1. The van der Waals surface area contributed by atoms with Gasteiger partial charge in [-0.2, -0.15) is 0 Å². The van der Waals surface area contributed by atoms with E-state index in [1.165, 1.54) is 5.57 Å². The van der Waals surface area contributed by atoms with Crippen LogP contribution in [0.4, 0.5) is 0 Å². The number of fused-ring (bicyclic) bond motifs is 5. The normalized spacial score (nSPS) is 52.0. The average Bonchev–Trinajstić information content (AvgIpc) is 2.87. The van der Waals surface area contributed by atoms with E-state index < -0.39 is 23.4 Å². The van der Waals surface area contributed by atoms with E-state index in [9.17, 15) is 20.1 Å². The molecule has 0 bridgehead atoms. The zero-order valence-corrected chi connectivity index (χ0v) is 15.5. The van der Waals surface area contributed by atoms with Gasteiger partial charge in [-0.1, -0.05) is 25.5 Å². The Morgan fingerprint density at radius 3 is 2.60 bits per heavy atom. The van der Waals surface area contributed by atoms with E-state index in [4.69, 9.17) is 0 Å². The standard InChI is InChI=1S/C21H32O4/c1-19-8-5-14(23)11-13(19)3-4-15-16(19)6-9-20(2)17(15)7-10-21(20,25)18(24)12-22/h3,14-17,22-23,25H,4-12H2,1-2H3. The molecule has 0 amide bonds. The van der Waals surface area contributed by atoms with Crippen molar-refractivity contribution in [1.29, 1.82) is 0 Å². The summed E-state index contributed by atoms with van der Waals surface area (Å²) in [5.74, 6) is 1.04. The van der Waals surface area contributed by atoms with Gasteiger partial charge in [-0.05, 0) is 74.5 Å². The van der Waals surface area contributed by atoms with Crippen LogP contribution >= 0.6 is 0 Å². The predicted octanol–water partition coefficient (Wildman–Crippen LogP) is 2.60. The van der Waals surface area contributed by atoms with Crippen LogP contribution in [0.1, 0.15) is 65.2 Å². The number of aliphatic hydroxyl groups excluding tert-OH is 2. The quantitative estimate of drug-likeness (QED) is 0.670. The Bertz CT molecular complexity index is 613. The lowest BCUT2D eigenvalue weighted by Gasteiger charge is -2.58. The maximum absolute atomic E-state index is 12.3. The van der Waals surface area contributed by atoms with Crippen LogP contribution in [-0.4, -0.2) is 39.4 Å². The van der Waals surface area contributed by atoms with Crippen LogP contribution in [0.2, 0.25) is 0 Å². The van der Waals surface area contributed by atoms with Gasteiger partial charge in [0.1, 0.15) is 12.2 Å². The Hall–Kier alpha value is -0.710. The summed E-state index contributed by atoms with van der Waals surface area (Å²) in [6.45, 7) is 3.90. The number of rotatable bonds is 2. The second kappa shape index (κ2) is 5.64. The Balaban J connectivity index is 1.68. The van der Waals surface area contributed by atoms with E-state index in [1.807, 2.05) is 0 Å². The summed E-state index contributed by atoms with van der Waals surface area (Å²) in [7, 11) is 0. The maximum atomic E-state index is 12.3. The summed E-state index contributed by atoms with van der Waals surface area (Å²) in [4.78, 5) is 12.3. The molecule has 4 rings (SSSR count). The molecule has 0 heterocycles. The molecule has 0 aromatic rings. The summed E-state index contributed by atoms with van der Waals surface area (Å²) in [5.41, 5.74) is -0.157. The molecule has 4 nitrogen and oxygen atoms in total. The Kier molecular flexibility index (Phi) is 3.99. The molecule has 25 heavy (non-hydrogen) atoms. The molecular formula is C21H32O4. The number of Topliss-reactive ketones (excluding diaryl/α,β-unsaturated/α-hetero) is 1. The van der Waals surface area contributed by atoms with Crippen LogP contribution in [0.3, 0.4) is 0 Å². The van der Waals surface area contributed by atoms with E-state index in [2.05, 4.69) is 19.9 Å². The van der Waals surface area contributed by atoms with Crippen molar-refractivity contribution in [2.24, 2.45) is 28.6 Å². The highest BCUT2D eigenvalue weighted by molar-refractivity contribution is 5.89. The third-order valence-electron chi connectivity index (χ3n) is 8.83. The summed E-state index contributed by atoms with van der Waals surface area (Å²) < 4.78 is 0. The minimum atomic E-state index is -1.36. The summed E-state index contributed by atoms with van der Waals surface area (Å²) in [6, 6.07) is 0. The van der Waals surface area contributed by atoms with Crippen molar-refractivity contribution in [3.63, 3.8) is 0 Å². The van der Waals surface area contributed by atoms with Crippen LogP contribution < -0.4 is 0 Å². The number of carbonyl (C=O) groups excluding carboxylic acids is 1. The number of aliphatic hydroxyl groups is 3. The van der Waals surface area contributed by atoms with Crippen molar-refractivity contribution in [2.75, 3.05) is 6.61 Å². The maximum Gasteiger partial charge on any atom is 0.190 e. The fourth-order valence-corrected chi connectivity index (χ4v) is 7.25. The van der Waals surface area contributed by atoms with Crippen molar-refractivity contribution in [2.45, 2.75) is 76.9 Å². The lowest BCUT2D eigenvalue weighted by molar-refractivity contribution is -0.163. The molecule has 0 aliphatic heterocycles. The van der Waals surface area contributed by atoms with Gasteiger partial charge in [-0.25, -0.2) is 0 Å². The van der Waals surface area contributed by atoms with Crippen LogP contribution in [0.25, 0.3) is 0 Å². The van der Waals surface area contributed by atoms with Gasteiger partial charge < -0.3 is 15.3 Å². The van der Waals surface area contributed by atoms with Gasteiger partial charge in [0.05, 0.1) is 6.10 Å². The van der Waals surface area contributed by atoms with Crippen LogP contribution in [0.5, 0.6) is 0 Å². The van der Waals surface area contributed by atoms with Crippen molar-refractivity contribution in [1.82, 2.24) is 0 Å². The lowest BCUT2D eigenvalue weighted by atomic mass is 9.46. The Morgan fingerprint density at radius 2 is 1.88 bits per heavy atom. The van der Waals surface area contributed by atoms with Gasteiger partial charge in [0, 0.05) is 5.41 Å². The molecule has 4 aliphatic rings. The minimum Gasteiger partial charge on any atom is -0.393 e. The molecule has 7 unspecified atom stereocenters. The highest BCUT2D eigenvalue weighted by Gasteiger charge is 2.65. The average molecular weight is 348 g/mol. The van der Waals surface area contributed by atoms with Gasteiger partial charge in [-0.15, -0.1) is 0 Å². The molecule has 4 heteroatoms. The van der Waals surface area contributed by atoms with Gasteiger partial charge in [-0.3, -0.25) is 4.79 Å². The molecule has 140 valence electrons. The SMILES string of the molecule is CC12CCC(O)CC1=CCC1C2CCC2(C)C1CCC2(O)C(=O)CO. The summed E-state index contributed by atoms with van der Waals surface area (Å²) in [6.07, 6.45) is 9.17. The molecule has 0 aromatic carbocycles. The van der Waals surface area contributed by atoms with E-state index in [0.717, 1.165) is 44.9 Å². The number of hydrogen-bond acceptors (Lipinski definition) is 4. The van der Waals surface area contributed by atoms with Gasteiger partial charge >= 0.3 is 0 Å². The van der Waals surface area contributed by atoms with Crippen molar-refractivity contribution < 1.29 is 20.1 Å². The Morgan fingerprint density at radius 1 is 1.16 bits per heavy atom. The molecule has 0 spiro atoms. The zero-order chi connectivity index (χ0) is 18.0. The largest absolute Gasteiger partial charge is 0.393 e. The number of carbonyl (C=O) groups is 1. The molecule has 0 saturated heterocycles. The molecule has 3 saturated carbocycles. The van der Waals surface area contributed by atoms with Gasteiger partial charge in [0.25, 0.3) is 0 Å². The molecule has 0 aromatic heterocycles. The molecule has 0 radical (unpaired) electrons. The van der Waals surface area contributed by atoms with Crippen LogP contribution in [0.15, 0.2) is 11.6 Å². The molecular weight excluding hydrogens is 316 g/mol. The smallest absolute Gasteiger partial charge is 0.190 e. The third kappa shape index (κ3) is 2.20. The fraction of sp³-hybridized carbons (Fsp3) is 0.857. The summed E-state index contributed by atoms with van der Waals surface area (Å²) >= 11 is 0. The first-order chi connectivity index (χ1) is 11.8. The number of ketones is 1. The zero-order valence-electron chi connectivity index (χ0n) is 15.5. The first-order valence-electron chi connectivity index (χ1n) is 10.0. The van der Waals surface area contributed by atoms with Crippen molar-refractivity contribution in [3.05, 3.63) is 11.6 Å². The fourth-order valence-electron chi connectivity index (χ4n) is 7.25. The van der Waals surface area contributed by atoms with E-state index >= 15 is 0 Å². The van der Waals surface area contributed by atoms with E-state index in [0.29, 0.717) is 24.2 Å². The van der Waals surface area contributed by atoms with Gasteiger partial charge in [0.15, 0.2) is 5.78 Å². The molecule has 7 atom stereocenters. The predicted molar refractivity (Wildman–Crippen MR) is 94.8 cm³/mol. The van der Waals surface area contributed by atoms with Crippen LogP contribution in [0, 0.1) is 28.6 Å². The molecule has 3 N–H and O–H groups in total.